The van der Waals surface area contributed by atoms with E-state index in [9.17, 15) is 0 Å². The van der Waals surface area contributed by atoms with Gasteiger partial charge in [0.25, 0.3) is 0 Å². The van der Waals surface area contributed by atoms with Crippen LogP contribution in [0, 0.1) is 0 Å². The van der Waals surface area contributed by atoms with E-state index in [4.69, 9.17) is 14.6 Å². The minimum Gasteiger partial charge on any atom is -0.400 e. The third kappa shape index (κ3) is 8.20. The Morgan fingerprint density at radius 2 is 1.62 bits per heavy atom. The summed E-state index contributed by atoms with van der Waals surface area (Å²) in [5.41, 5.74) is 5.91. The van der Waals surface area contributed by atoms with Gasteiger partial charge in [-0.1, -0.05) is 6.92 Å². The van der Waals surface area contributed by atoms with Crippen molar-refractivity contribution in [2.75, 3.05) is 46.9 Å². The summed E-state index contributed by atoms with van der Waals surface area (Å²) in [6.45, 7) is 6.76. The van der Waals surface area contributed by atoms with E-state index in [1.807, 2.05) is 0 Å². The highest BCUT2D eigenvalue weighted by Gasteiger charge is 2.18. The van der Waals surface area contributed by atoms with Gasteiger partial charge in [0, 0.05) is 40.4 Å². The first-order valence-electron chi connectivity index (χ1n) is 5.93. The lowest BCUT2D eigenvalue weighted by molar-refractivity contribution is 0.264. The lowest BCUT2D eigenvalue weighted by Gasteiger charge is -2.18. The Labute approximate surface area is 101 Å². The normalized spacial score (nSPS) is 13.3. The monoisotopic (exact) mass is 249 g/mol. The molecular formula is C10H27N3O2Si. The van der Waals surface area contributed by atoms with Crippen LogP contribution in [0.5, 0.6) is 0 Å². The van der Waals surface area contributed by atoms with Crippen molar-refractivity contribution in [1.29, 1.82) is 0 Å². The molecule has 16 heavy (non-hydrogen) atoms. The molecule has 0 rings (SSSR count). The standard InChI is InChI=1S/C10H27N3O2Si/c1-10(16(14-2)15-3)4-6-12-8-9-13-7-5-11/h10,12-13,16H,4-9,11H2,1-3H3. The summed E-state index contributed by atoms with van der Waals surface area (Å²) in [5, 5.41) is 6.63. The Morgan fingerprint density at radius 3 is 2.12 bits per heavy atom. The molecule has 0 amide bonds. The van der Waals surface area contributed by atoms with Crippen molar-refractivity contribution in [2.24, 2.45) is 5.73 Å². The van der Waals surface area contributed by atoms with Crippen LogP contribution < -0.4 is 16.4 Å². The van der Waals surface area contributed by atoms with Crippen LogP contribution >= 0.6 is 0 Å². The Bertz CT molecular complexity index is 148. The lowest BCUT2D eigenvalue weighted by Crippen LogP contribution is -2.32. The van der Waals surface area contributed by atoms with Crippen molar-refractivity contribution in [3.05, 3.63) is 0 Å². The molecule has 0 aromatic rings. The average molecular weight is 249 g/mol. The summed E-state index contributed by atoms with van der Waals surface area (Å²) in [6, 6.07) is 0. The molecule has 0 bridgehead atoms. The highest BCUT2D eigenvalue weighted by Crippen LogP contribution is 2.13. The lowest BCUT2D eigenvalue weighted by atomic mass is 10.3. The molecule has 0 heterocycles. The molecule has 4 N–H and O–H groups in total. The SMILES string of the molecule is CO[SiH](OC)C(C)CCNCCNCCN. The molecule has 0 spiro atoms. The molecule has 0 aromatic carbocycles. The molecule has 0 aliphatic carbocycles. The minimum absolute atomic E-state index is 0.541. The molecule has 0 saturated carbocycles. The number of nitrogens with two attached hydrogens (primary N) is 1. The van der Waals surface area contributed by atoms with Gasteiger partial charge in [0.05, 0.1) is 0 Å². The van der Waals surface area contributed by atoms with Gasteiger partial charge in [-0.3, -0.25) is 0 Å². The van der Waals surface area contributed by atoms with Crippen LogP contribution in [0.1, 0.15) is 13.3 Å². The van der Waals surface area contributed by atoms with Crippen LogP contribution in [0.15, 0.2) is 0 Å². The van der Waals surface area contributed by atoms with Crippen molar-refractivity contribution in [2.45, 2.75) is 18.9 Å². The Morgan fingerprint density at radius 1 is 1.06 bits per heavy atom. The van der Waals surface area contributed by atoms with E-state index in [1.54, 1.807) is 14.2 Å². The summed E-state index contributed by atoms with van der Waals surface area (Å²) in [7, 11) is 2.05. The van der Waals surface area contributed by atoms with Crippen molar-refractivity contribution >= 4 is 9.28 Å². The molecule has 5 nitrogen and oxygen atoms in total. The van der Waals surface area contributed by atoms with Gasteiger partial charge in [-0.2, -0.15) is 0 Å². The Balaban J connectivity index is 3.30. The maximum absolute atomic E-state index is 5.37. The summed E-state index contributed by atoms with van der Waals surface area (Å²) < 4.78 is 10.7. The summed E-state index contributed by atoms with van der Waals surface area (Å²) >= 11 is 0. The quantitative estimate of drug-likeness (QED) is 0.338. The zero-order chi connectivity index (χ0) is 12.2. The van der Waals surface area contributed by atoms with Gasteiger partial charge in [0.1, 0.15) is 0 Å². The molecule has 6 heteroatoms. The predicted octanol–water partition coefficient (Wildman–Crippen LogP) is -0.582. The Hall–Kier alpha value is 0.0169. The van der Waals surface area contributed by atoms with E-state index < -0.39 is 9.28 Å². The summed E-state index contributed by atoms with van der Waals surface area (Å²) in [6.07, 6.45) is 1.11. The fraction of sp³-hybridized carbons (Fsp3) is 1.00. The van der Waals surface area contributed by atoms with Crippen LogP contribution in [-0.2, 0) is 8.85 Å². The third-order valence-corrected chi connectivity index (χ3v) is 4.70. The molecule has 0 saturated heterocycles. The largest absolute Gasteiger partial charge is 0.400 e. The molecule has 0 fully saturated rings. The molecule has 0 radical (unpaired) electrons. The fourth-order valence-corrected chi connectivity index (χ4v) is 3.12. The second kappa shape index (κ2) is 11.5. The average Bonchev–Trinajstić information content (AvgIpc) is 2.29. The third-order valence-electron chi connectivity index (χ3n) is 2.51. The maximum atomic E-state index is 5.37. The number of hydrogen-bond acceptors (Lipinski definition) is 5. The van der Waals surface area contributed by atoms with Gasteiger partial charge in [-0.15, -0.1) is 0 Å². The van der Waals surface area contributed by atoms with Crippen molar-refractivity contribution in [1.82, 2.24) is 10.6 Å². The smallest absolute Gasteiger partial charge is 0.323 e. The molecule has 1 atom stereocenters. The van der Waals surface area contributed by atoms with E-state index in [0.29, 0.717) is 12.1 Å². The topological polar surface area (TPSA) is 68.5 Å². The van der Waals surface area contributed by atoms with Crippen LogP contribution in [0.2, 0.25) is 5.54 Å². The molecule has 0 aromatic heterocycles. The predicted molar refractivity (Wildman–Crippen MR) is 70.0 cm³/mol. The highest BCUT2D eigenvalue weighted by atomic mass is 28.3. The number of hydrogen-bond donors (Lipinski definition) is 3. The van der Waals surface area contributed by atoms with E-state index in [0.717, 1.165) is 32.6 Å². The Kier molecular flexibility index (Phi) is 11.5. The van der Waals surface area contributed by atoms with Gasteiger partial charge < -0.3 is 25.2 Å². The summed E-state index contributed by atoms with van der Waals surface area (Å²) in [4.78, 5) is 0. The molecule has 0 aliphatic rings. The zero-order valence-electron chi connectivity index (χ0n) is 10.8. The van der Waals surface area contributed by atoms with Crippen molar-refractivity contribution in [3.63, 3.8) is 0 Å². The number of nitrogens with one attached hydrogen (secondary N) is 2. The minimum atomic E-state index is -1.43. The van der Waals surface area contributed by atoms with Crippen LogP contribution in [0.3, 0.4) is 0 Å². The number of rotatable bonds is 11. The first kappa shape index (κ1) is 16.0. The van der Waals surface area contributed by atoms with E-state index in [1.165, 1.54) is 0 Å². The van der Waals surface area contributed by atoms with Crippen molar-refractivity contribution < 1.29 is 8.85 Å². The van der Waals surface area contributed by atoms with Gasteiger partial charge in [-0.25, -0.2) is 0 Å². The van der Waals surface area contributed by atoms with Gasteiger partial charge >= 0.3 is 9.28 Å². The highest BCUT2D eigenvalue weighted by molar-refractivity contribution is 6.46. The second-order valence-corrected chi connectivity index (χ2v) is 6.71. The van der Waals surface area contributed by atoms with Gasteiger partial charge in [0.2, 0.25) is 0 Å². The van der Waals surface area contributed by atoms with Gasteiger partial charge in [-0.05, 0) is 18.5 Å². The molecule has 1 unspecified atom stereocenters. The van der Waals surface area contributed by atoms with E-state index in [-0.39, 0.29) is 0 Å². The molecular weight excluding hydrogens is 222 g/mol. The molecule has 98 valence electrons. The van der Waals surface area contributed by atoms with E-state index in [2.05, 4.69) is 17.6 Å². The van der Waals surface area contributed by atoms with Crippen molar-refractivity contribution in [3.8, 4) is 0 Å². The first-order valence-corrected chi connectivity index (χ1v) is 7.54. The molecule has 0 aliphatic heterocycles. The van der Waals surface area contributed by atoms with Crippen LogP contribution in [-0.4, -0.2) is 56.2 Å². The first-order chi connectivity index (χ1) is 7.76. The van der Waals surface area contributed by atoms with E-state index >= 15 is 0 Å². The fourth-order valence-electron chi connectivity index (χ4n) is 1.56. The summed E-state index contributed by atoms with van der Waals surface area (Å²) in [5.74, 6) is 0. The second-order valence-electron chi connectivity index (χ2n) is 3.89. The van der Waals surface area contributed by atoms with Crippen LogP contribution in [0.4, 0.5) is 0 Å². The zero-order valence-corrected chi connectivity index (χ0v) is 11.9. The van der Waals surface area contributed by atoms with Gasteiger partial charge in [0.15, 0.2) is 0 Å². The maximum Gasteiger partial charge on any atom is 0.323 e. The van der Waals surface area contributed by atoms with Crippen LogP contribution in [0.25, 0.3) is 0 Å².